The Hall–Kier alpha value is -2.16. The molecule has 27 heavy (non-hydrogen) atoms. The average Bonchev–Trinajstić information content (AvgIpc) is 3.26. The molecule has 1 N–H and O–H groups in total. The van der Waals surface area contributed by atoms with E-state index in [1.54, 1.807) is 23.1 Å². The van der Waals surface area contributed by atoms with E-state index in [-0.39, 0.29) is 5.91 Å². The van der Waals surface area contributed by atoms with E-state index in [2.05, 4.69) is 15.3 Å². The zero-order valence-corrected chi connectivity index (χ0v) is 17.3. The number of nitrogens with zero attached hydrogens (tertiary/aromatic N) is 2. The van der Waals surface area contributed by atoms with Gasteiger partial charge in [-0.3, -0.25) is 4.79 Å². The van der Waals surface area contributed by atoms with Crippen LogP contribution in [0.15, 0.2) is 40.7 Å². The van der Waals surface area contributed by atoms with Gasteiger partial charge >= 0.3 is 0 Å². The second-order valence-electron chi connectivity index (χ2n) is 5.77. The predicted molar refractivity (Wildman–Crippen MR) is 115 cm³/mol. The van der Waals surface area contributed by atoms with Crippen molar-refractivity contribution in [1.29, 1.82) is 0 Å². The topological polar surface area (TPSA) is 64.1 Å². The number of hydrogen-bond acceptors (Lipinski definition) is 7. The lowest BCUT2D eigenvalue weighted by molar-refractivity contribution is -0.115. The van der Waals surface area contributed by atoms with Crippen molar-refractivity contribution < 1.29 is 9.53 Å². The van der Waals surface area contributed by atoms with Gasteiger partial charge in [-0.05, 0) is 43.0 Å². The first-order valence-electron chi connectivity index (χ1n) is 8.42. The third-order valence-corrected chi connectivity index (χ3v) is 7.12. The summed E-state index contributed by atoms with van der Waals surface area (Å²) in [6.45, 7) is 2.57. The van der Waals surface area contributed by atoms with Gasteiger partial charge in [0.1, 0.15) is 5.75 Å². The fourth-order valence-electron chi connectivity index (χ4n) is 2.71. The van der Waals surface area contributed by atoms with Crippen molar-refractivity contribution >= 4 is 65.9 Å². The number of thioether (sulfide) groups is 1. The van der Waals surface area contributed by atoms with Gasteiger partial charge in [0.05, 0.1) is 33.5 Å². The molecule has 0 fully saturated rings. The molecule has 0 aliphatic heterocycles. The molecule has 138 valence electrons. The highest BCUT2D eigenvalue weighted by atomic mass is 32.2. The van der Waals surface area contributed by atoms with Gasteiger partial charge in [0.15, 0.2) is 9.47 Å². The highest BCUT2D eigenvalue weighted by Gasteiger charge is 2.13. The number of rotatable bonds is 6. The highest BCUT2D eigenvalue weighted by Crippen LogP contribution is 2.38. The van der Waals surface area contributed by atoms with Gasteiger partial charge in [-0.2, -0.15) is 0 Å². The zero-order valence-electron chi connectivity index (χ0n) is 14.8. The minimum Gasteiger partial charge on any atom is -0.494 e. The number of thiazole rings is 2. The van der Waals surface area contributed by atoms with E-state index in [1.807, 2.05) is 49.6 Å². The highest BCUT2D eigenvalue weighted by molar-refractivity contribution is 8.00. The summed E-state index contributed by atoms with van der Waals surface area (Å²) >= 11 is 4.80. The Morgan fingerprint density at radius 1 is 1.07 bits per heavy atom. The lowest BCUT2D eigenvalue weighted by atomic mass is 10.1. The van der Waals surface area contributed by atoms with E-state index in [1.165, 1.54) is 11.3 Å². The van der Waals surface area contributed by atoms with Crippen molar-refractivity contribution in [2.24, 2.45) is 0 Å². The first-order chi connectivity index (χ1) is 13.2. The van der Waals surface area contributed by atoms with E-state index >= 15 is 0 Å². The maximum atomic E-state index is 12.4. The van der Waals surface area contributed by atoms with E-state index in [0.29, 0.717) is 18.2 Å². The summed E-state index contributed by atoms with van der Waals surface area (Å²) in [5.74, 6) is 0.731. The Morgan fingerprint density at radius 3 is 2.48 bits per heavy atom. The summed E-state index contributed by atoms with van der Waals surface area (Å²) < 4.78 is 8.66. The van der Waals surface area contributed by atoms with Crippen LogP contribution in [0, 0.1) is 0 Å². The number of nitrogens with one attached hydrogen (secondary N) is 1. The molecule has 5 nitrogen and oxygen atoms in total. The van der Waals surface area contributed by atoms with Crippen LogP contribution < -0.4 is 10.1 Å². The van der Waals surface area contributed by atoms with Crippen molar-refractivity contribution in [3.63, 3.8) is 0 Å². The lowest BCUT2D eigenvalue weighted by Crippen LogP contribution is -2.14. The number of fused-ring (bicyclic) bond motifs is 3. The minimum absolute atomic E-state index is 0.0800. The molecule has 0 saturated heterocycles. The Balaban J connectivity index is 1.51. The second kappa shape index (κ2) is 7.84. The standard InChI is InChI=1S/C19H17N3O2S3/c1-3-24-12-6-4-11(5-7-12)10-15(23)22-18-20-13-8-9-14-17(16(13)26-18)27-19(21-14)25-2/h4-9H,3,10H2,1-2H3,(H,20,22,23). The van der Waals surface area contributed by atoms with Crippen LogP contribution in [0.5, 0.6) is 5.75 Å². The number of anilines is 1. The van der Waals surface area contributed by atoms with Gasteiger partial charge in [0, 0.05) is 0 Å². The smallest absolute Gasteiger partial charge is 0.230 e. The molecule has 4 rings (SSSR count). The van der Waals surface area contributed by atoms with Crippen molar-refractivity contribution in [2.45, 2.75) is 17.7 Å². The number of carbonyl (C=O) groups is 1. The van der Waals surface area contributed by atoms with E-state index in [4.69, 9.17) is 4.74 Å². The molecule has 0 aliphatic rings. The van der Waals surface area contributed by atoms with Crippen LogP contribution in [0.1, 0.15) is 12.5 Å². The summed E-state index contributed by atoms with van der Waals surface area (Å²) in [7, 11) is 0. The Bertz CT molecular complexity index is 1100. The third kappa shape index (κ3) is 3.92. The van der Waals surface area contributed by atoms with Gasteiger partial charge < -0.3 is 10.1 Å². The van der Waals surface area contributed by atoms with Crippen LogP contribution in [0.2, 0.25) is 0 Å². The van der Waals surface area contributed by atoms with Gasteiger partial charge in [-0.25, -0.2) is 9.97 Å². The molecule has 4 aromatic rings. The maximum absolute atomic E-state index is 12.4. The van der Waals surface area contributed by atoms with Gasteiger partial charge in [0.2, 0.25) is 5.91 Å². The number of benzene rings is 2. The molecular weight excluding hydrogens is 398 g/mol. The molecule has 0 radical (unpaired) electrons. The van der Waals surface area contributed by atoms with Crippen molar-refractivity contribution in [2.75, 3.05) is 18.2 Å². The third-order valence-electron chi connectivity index (χ3n) is 3.91. The maximum Gasteiger partial charge on any atom is 0.230 e. The van der Waals surface area contributed by atoms with Crippen LogP contribution >= 0.6 is 34.4 Å². The summed E-state index contributed by atoms with van der Waals surface area (Å²) in [6, 6.07) is 11.5. The van der Waals surface area contributed by atoms with Crippen LogP contribution in [0.25, 0.3) is 20.4 Å². The van der Waals surface area contributed by atoms with Crippen molar-refractivity contribution in [3.8, 4) is 5.75 Å². The van der Waals surface area contributed by atoms with Gasteiger partial charge in [-0.1, -0.05) is 35.2 Å². The summed E-state index contributed by atoms with van der Waals surface area (Å²) in [5, 5.41) is 3.54. The minimum atomic E-state index is -0.0800. The number of hydrogen-bond donors (Lipinski definition) is 1. The molecule has 2 heterocycles. The zero-order chi connectivity index (χ0) is 18.8. The molecule has 0 aliphatic carbocycles. The summed E-state index contributed by atoms with van der Waals surface area (Å²) in [4.78, 5) is 21.5. The molecule has 1 amide bonds. The SMILES string of the molecule is CCOc1ccc(CC(=O)Nc2nc3ccc4nc(SC)sc4c3s2)cc1. The number of aromatic nitrogens is 2. The molecule has 0 saturated carbocycles. The predicted octanol–water partition coefficient (Wildman–Crippen LogP) is 5.21. The Kier molecular flexibility index (Phi) is 5.29. The summed E-state index contributed by atoms with van der Waals surface area (Å²) in [6.07, 6.45) is 2.32. The normalized spacial score (nSPS) is 11.2. The van der Waals surface area contributed by atoms with Crippen LogP contribution in [0.3, 0.4) is 0 Å². The molecule has 2 aromatic heterocycles. The van der Waals surface area contributed by atoms with Crippen molar-refractivity contribution in [1.82, 2.24) is 9.97 Å². The lowest BCUT2D eigenvalue weighted by Gasteiger charge is -2.05. The van der Waals surface area contributed by atoms with Crippen molar-refractivity contribution in [3.05, 3.63) is 42.0 Å². The van der Waals surface area contributed by atoms with E-state index in [0.717, 1.165) is 36.1 Å². The van der Waals surface area contributed by atoms with Gasteiger partial charge in [-0.15, -0.1) is 11.3 Å². The van der Waals surface area contributed by atoms with Crippen LogP contribution in [-0.2, 0) is 11.2 Å². The van der Waals surface area contributed by atoms with Gasteiger partial charge in [0.25, 0.3) is 0 Å². The first-order valence-corrected chi connectivity index (χ1v) is 11.3. The fourth-order valence-corrected chi connectivity index (χ4v) is 5.39. The van der Waals surface area contributed by atoms with Crippen LogP contribution in [-0.4, -0.2) is 28.7 Å². The molecule has 0 bridgehead atoms. The number of ether oxygens (including phenoxy) is 1. The number of carbonyl (C=O) groups excluding carboxylic acids is 1. The Morgan fingerprint density at radius 2 is 1.78 bits per heavy atom. The van der Waals surface area contributed by atoms with Crippen LogP contribution in [0.4, 0.5) is 5.13 Å². The first kappa shape index (κ1) is 18.2. The molecule has 2 aromatic carbocycles. The quantitative estimate of drug-likeness (QED) is 0.438. The molecule has 8 heteroatoms. The summed E-state index contributed by atoms with van der Waals surface area (Å²) in [5.41, 5.74) is 2.81. The number of amides is 1. The average molecular weight is 416 g/mol. The molecule has 0 atom stereocenters. The van der Waals surface area contributed by atoms with E-state index < -0.39 is 0 Å². The van der Waals surface area contributed by atoms with E-state index in [9.17, 15) is 4.79 Å². The second-order valence-corrected chi connectivity index (χ2v) is 8.82. The monoisotopic (exact) mass is 415 g/mol. The largest absolute Gasteiger partial charge is 0.494 e. The Labute approximate surface area is 168 Å². The molecular formula is C19H17N3O2S3. The fraction of sp³-hybridized carbons (Fsp3) is 0.211. The molecule has 0 spiro atoms. The molecule has 0 unspecified atom stereocenters.